The van der Waals surface area contributed by atoms with Crippen molar-refractivity contribution in [2.75, 3.05) is 11.9 Å². The normalized spacial score (nSPS) is 10.6. The van der Waals surface area contributed by atoms with E-state index in [1.807, 2.05) is 31.2 Å². The summed E-state index contributed by atoms with van der Waals surface area (Å²) in [5, 5.41) is 4.35. The summed E-state index contributed by atoms with van der Waals surface area (Å²) < 4.78 is 5.45. The van der Waals surface area contributed by atoms with Crippen LogP contribution in [0.25, 0.3) is 0 Å². The van der Waals surface area contributed by atoms with Gasteiger partial charge in [0.1, 0.15) is 5.76 Å². The first-order chi connectivity index (χ1) is 13.1. The van der Waals surface area contributed by atoms with Crippen LogP contribution in [-0.4, -0.2) is 17.4 Å². The molecule has 0 fully saturated rings. The zero-order chi connectivity index (χ0) is 19.2. The quantitative estimate of drug-likeness (QED) is 0.537. The minimum atomic E-state index is -0.167. The number of hydrogen-bond donors (Lipinski definition) is 1. The molecule has 0 saturated carbocycles. The average molecular weight is 403 g/mol. The highest BCUT2D eigenvalue weighted by Gasteiger charge is 2.21. The Morgan fingerprint density at radius 1 is 1.07 bits per heavy atom. The Bertz CT molecular complexity index is 910. The number of carbonyl (C=O) groups excluding carboxylic acids is 1. The number of nitrogens with zero attached hydrogens (tertiary/aromatic N) is 1. The summed E-state index contributed by atoms with van der Waals surface area (Å²) in [6, 6.07) is 16.3. The lowest BCUT2D eigenvalue weighted by molar-refractivity contribution is 0.0718. The van der Waals surface area contributed by atoms with E-state index in [4.69, 9.17) is 27.6 Å². The number of furan rings is 1. The van der Waals surface area contributed by atoms with E-state index in [1.54, 1.807) is 41.5 Å². The van der Waals surface area contributed by atoms with Gasteiger partial charge in [0.15, 0.2) is 0 Å². The van der Waals surface area contributed by atoms with Crippen molar-refractivity contribution in [3.05, 3.63) is 87.8 Å². The van der Waals surface area contributed by atoms with E-state index in [2.05, 4.69) is 5.32 Å². The number of nitrogens with one attached hydrogen (secondary N) is 1. The number of halogens is 2. The van der Waals surface area contributed by atoms with Crippen LogP contribution in [0.1, 0.15) is 28.6 Å². The van der Waals surface area contributed by atoms with Gasteiger partial charge in [-0.05, 0) is 55.0 Å². The van der Waals surface area contributed by atoms with Gasteiger partial charge in [0.05, 0.1) is 23.4 Å². The first-order valence-electron chi connectivity index (χ1n) is 8.67. The Morgan fingerprint density at radius 2 is 1.89 bits per heavy atom. The number of benzene rings is 2. The van der Waals surface area contributed by atoms with Crippen molar-refractivity contribution in [2.45, 2.75) is 20.0 Å². The highest BCUT2D eigenvalue weighted by Crippen LogP contribution is 2.25. The topological polar surface area (TPSA) is 45.5 Å². The maximum absolute atomic E-state index is 13.2. The zero-order valence-electron chi connectivity index (χ0n) is 14.9. The number of carbonyl (C=O) groups is 1. The Hall–Kier alpha value is -2.43. The lowest BCUT2D eigenvalue weighted by Crippen LogP contribution is -2.30. The van der Waals surface area contributed by atoms with E-state index in [0.717, 1.165) is 17.8 Å². The molecule has 140 valence electrons. The molecule has 4 nitrogen and oxygen atoms in total. The molecule has 3 rings (SSSR count). The van der Waals surface area contributed by atoms with Gasteiger partial charge in [0.2, 0.25) is 0 Å². The Morgan fingerprint density at radius 3 is 2.59 bits per heavy atom. The van der Waals surface area contributed by atoms with Gasteiger partial charge in [-0.3, -0.25) is 4.79 Å². The van der Waals surface area contributed by atoms with E-state index >= 15 is 0 Å². The largest absolute Gasteiger partial charge is 0.467 e. The van der Waals surface area contributed by atoms with Crippen molar-refractivity contribution in [3.63, 3.8) is 0 Å². The molecule has 0 aliphatic carbocycles. The molecule has 1 aromatic heterocycles. The first-order valence-corrected chi connectivity index (χ1v) is 9.42. The van der Waals surface area contributed by atoms with Crippen molar-refractivity contribution in [2.24, 2.45) is 0 Å². The third kappa shape index (κ3) is 4.85. The van der Waals surface area contributed by atoms with Gasteiger partial charge in [-0.25, -0.2) is 0 Å². The molecule has 0 aliphatic rings. The molecule has 0 unspecified atom stereocenters. The molecule has 3 aromatic rings. The molecule has 1 heterocycles. The molecular weight excluding hydrogens is 383 g/mol. The Balaban J connectivity index is 1.94. The minimum Gasteiger partial charge on any atom is -0.467 e. The maximum Gasteiger partial charge on any atom is 0.256 e. The second-order valence-electron chi connectivity index (χ2n) is 6.05. The molecule has 6 heteroatoms. The van der Waals surface area contributed by atoms with Gasteiger partial charge in [-0.2, -0.15) is 0 Å². The maximum atomic E-state index is 13.2. The highest BCUT2D eigenvalue weighted by molar-refractivity contribution is 6.33. The Kier molecular flexibility index (Phi) is 6.43. The molecule has 0 bridgehead atoms. The van der Waals surface area contributed by atoms with E-state index in [0.29, 0.717) is 34.5 Å². The van der Waals surface area contributed by atoms with Crippen molar-refractivity contribution in [1.82, 2.24) is 4.90 Å². The molecule has 0 radical (unpaired) electrons. The van der Waals surface area contributed by atoms with Crippen LogP contribution in [0.5, 0.6) is 0 Å². The predicted octanol–water partition coefficient (Wildman–Crippen LogP) is 5.86. The van der Waals surface area contributed by atoms with Crippen molar-refractivity contribution < 1.29 is 9.21 Å². The van der Waals surface area contributed by atoms with Gasteiger partial charge in [0.25, 0.3) is 5.91 Å². The van der Waals surface area contributed by atoms with Gasteiger partial charge in [0, 0.05) is 23.8 Å². The second kappa shape index (κ2) is 8.98. The van der Waals surface area contributed by atoms with Crippen LogP contribution in [0.15, 0.2) is 65.3 Å². The fourth-order valence-electron chi connectivity index (χ4n) is 2.86. The van der Waals surface area contributed by atoms with Crippen LogP contribution in [-0.2, 0) is 13.1 Å². The average Bonchev–Trinajstić information content (AvgIpc) is 3.16. The number of hydrogen-bond acceptors (Lipinski definition) is 3. The molecule has 27 heavy (non-hydrogen) atoms. The van der Waals surface area contributed by atoms with E-state index < -0.39 is 0 Å². The molecule has 1 amide bonds. The SMILES string of the molecule is CCNc1ccc(Cl)cc1CN(Cc1ccco1)C(=O)c1ccccc1Cl. The molecule has 0 saturated heterocycles. The molecular formula is C21H20Cl2N2O2. The third-order valence-electron chi connectivity index (χ3n) is 4.11. The third-order valence-corrected chi connectivity index (χ3v) is 4.68. The number of amides is 1. The summed E-state index contributed by atoms with van der Waals surface area (Å²) in [5.41, 5.74) is 2.33. The van der Waals surface area contributed by atoms with Gasteiger partial charge < -0.3 is 14.6 Å². The van der Waals surface area contributed by atoms with Crippen molar-refractivity contribution >= 4 is 34.8 Å². The minimum absolute atomic E-state index is 0.167. The smallest absolute Gasteiger partial charge is 0.256 e. The number of anilines is 1. The zero-order valence-corrected chi connectivity index (χ0v) is 16.4. The second-order valence-corrected chi connectivity index (χ2v) is 6.90. The molecule has 2 aromatic carbocycles. The molecule has 1 N–H and O–H groups in total. The molecule has 0 aliphatic heterocycles. The van der Waals surface area contributed by atoms with Crippen LogP contribution in [0.2, 0.25) is 10.0 Å². The van der Waals surface area contributed by atoms with Crippen LogP contribution in [0, 0.1) is 0 Å². The first kappa shape index (κ1) is 19.3. The fourth-order valence-corrected chi connectivity index (χ4v) is 3.27. The summed E-state index contributed by atoms with van der Waals surface area (Å²) in [5.74, 6) is 0.529. The fraction of sp³-hybridized carbons (Fsp3) is 0.190. The number of rotatable bonds is 7. The summed E-state index contributed by atoms with van der Waals surface area (Å²) in [6.07, 6.45) is 1.59. The van der Waals surface area contributed by atoms with Crippen LogP contribution < -0.4 is 5.32 Å². The standard InChI is InChI=1S/C21H20Cl2N2O2/c1-2-24-20-10-9-16(22)12-15(20)13-25(14-17-6-5-11-27-17)21(26)18-7-3-4-8-19(18)23/h3-12,24H,2,13-14H2,1H3. The van der Waals surface area contributed by atoms with Crippen LogP contribution >= 0.6 is 23.2 Å². The Labute approximate surface area is 168 Å². The summed E-state index contributed by atoms with van der Waals surface area (Å²) in [6.45, 7) is 3.49. The predicted molar refractivity (Wildman–Crippen MR) is 109 cm³/mol. The van der Waals surface area contributed by atoms with Crippen LogP contribution in [0.4, 0.5) is 5.69 Å². The van der Waals surface area contributed by atoms with Gasteiger partial charge in [-0.1, -0.05) is 35.3 Å². The summed E-state index contributed by atoms with van der Waals surface area (Å²) in [7, 11) is 0. The van der Waals surface area contributed by atoms with E-state index in [-0.39, 0.29) is 5.91 Å². The highest BCUT2D eigenvalue weighted by atomic mass is 35.5. The van der Waals surface area contributed by atoms with E-state index in [9.17, 15) is 4.79 Å². The molecule has 0 spiro atoms. The molecule has 0 atom stereocenters. The summed E-state index contributed by atoms with van der Waals surface area (Å²) in [4.78, 5) is 14.9. The summed E-state index contributed by atoms with van der Waals surface area (Å²) >= 11 is 12.4. The van der Waals surface area contributed by atoms with Gasteiger partial charge >= 0.3 is 0 Å². The van der Waals surface area contributed by atoms with Crippen molar-refractivity contribution in [3.8, 4) is 0 Å². The van der Waals surface area contributed by atoms with E-state index in [1.165, 1.54) is 0 Å². The lowest BCUT2D eigenvalue weighted by atomic mass is 10.1. The lowest BCUT2D eigenvalue weighted by Gasteiger charge is -2.24. The van der Waals surface area contributed by atoms with Gasteiger partial charge in [-0.15, -0.1) is 0 Å². The van der Waals surface area contributed by atoms with Crippen LogP contribution in [0.3, 0.4) is 0 Å². The monoisotopic (exact) mass is 402 g/mol. The van der Waals surface area contributed by atoms with Crippen molar-refractivity contribution in [1.29, 1.82) is 0 Å².